The Labute approximate surface area is 171 Å². The molecule has 0 heterocycles. The third-order valence-electron chi connectivity index (χ3n) is 3.83. The van der Waals surface area contributed by atoms with E-state index in [2.05, 4.69) is 15.6 Å². The third-order valence-corrected chi connectivity index (χ3v) is 4.76. The number of primary sulfonamides is 1. The minimum absolute atomic E-state index is 0. The number of guanidine groups is 1. The van der Waals surface area contributed by atoms with E-state index in [1.54, 1.807) is 26.2 Å². The zero-order chi connectivity index (χ0) is 18.4. The zero-order valence-electron chi connectivity index (χ0n) is 14.9. The summed E-state index contributed by atoms with van der Waals surface area (Å²) in [6.07, 6.45) is 2.43. The summed E-state index contributed by atoms with van der Waals surface area (Å²) >= 11 is 0. The van der Waals surface area contributed by atoms with E-state index in [0.29, 0.717) is 18.4 Å². The van der Waals surface area contributed by atoms with Gasteiger partial charge in [-0.25, -0.2) is 18.5 Å². The lowest BCUT2D eigenvalue weighted by Gasteiger charge is -2.15. The molecule has 8 nitrogen and oxygen atoms in total. The van der Waals surface area contributed by atoms with Crippen molar-refractivity contribution in [1.29, 1.82) is 0 Å². The predicted molar refractivity (Wildman–Crippen MR) is 112 cm³/mol. The van der Waals surface area contributed by atoms with Crippen LogP contribution in [0.25, 0.3) is 0 Å². The van der Waals surface area contributed by atoms with Gasteiger partial charge < -0.3 is 15.5 Å². The quantitative estimate of drug-likeness (QED) is 0.289. The Kier molecular flexibility index (Phi) is 8.77. The van der Waals surface area contributed by atoms with E-state index in [9.17, 15) is 13.2 Å². The van der Waals surface area contributed by atoms with Crippen LogP contribution < -0.4 is 15.8 Å². The van der Waals surface area contributed by atoms with Crippen molar-refractivity contribution in [3.63, 3.8) is 0 Å². The number of benzene rings is 1. The van der Waals surface area contributed by atoms with E-state index in [-0.39, 0.29) is 41.3 Å². The minimum Gasteiger partial charge on any atom is -0.356 e. The van der Waals surface area contributed by atoms with Crippen LogP contribution in [0.3, 0.4) is 0 Å². The molecule has 4 N–H and O–H groups in total. The SMILES string of the molecule is CN(C)C(=O)CNC(=NCc1ccc(S(N)(=O)=O)cc1)NCC1CC1.I. The first-order valence-electron chi connectivity index (χ1n) is 8.10. The molecule has 1 fully saturated rings. The Morgan fingerprint density at radius 2 is 1.85 bits per heavy atom. The van der Waals surface area contributed by atoms with Crippen LogP contribution in [0.4, 0.5) is 0 Å². The molecule has 0 spiro atoms. The first kappa shape index (κ1) is 22.6. The maximum Gasteiger partial charge on any atom is 0.241 e. The fraction of sp³-hybridized carbons (Fsp3) is 0.500. The van der Waals surface area contributed by atoms with Crippen LogP contribution in [0.15, 0.2) is 34.2 Å². The maximum atomic E-state index is 11.7. The van der Waals surface area contributed by atoms with Gasteiger partial charge in [-0.2, -0.15) is 0 Å². The summed E-state index contributed by atoms with van der Waals surface area (Å²) in [5.74, 6) is 1.20. The Hall–Kier alpha value is -1.40. The molecule has 0 aliphatic heterocycles. The number of nitrogens with zero attached hydrogens (tertiary/aromatic N) is 2. The fourth-order valence-corrected chi connectivity index (χ4v) is 2.53. The molecule has 26 heavy (non-hydrogen) atoms. The molecule has 0 atom stereocenters. The van der Waals surface area contributed by atoms with Gasteiger partial charge in [0.15, 0.2) is 5.96 Å². The number of carbonyl (C=O) groups is 1. The Bertz CT molecular complexity index is 731. The van der Waals surface area contributed by atoms with Crippen molar-refractivity contribution in [2.24, 2.45) is 16.0 Å². The fourth-order valence-electron chi connectivity index (χ4n) is 2.01. The van der Waals surface area contributed by atoms with Gasteiger partial charge in [-0.3, -0.25) is 4.79 Å². The largest absolute Gasteiger partial charge is 0.356 e. The lowest BCUT2D eigenvalue weighted by molar-refractivity contribution is -0.127. The number of hydrogen-bond donors (Lipinski definition) is 3. The number of carbonyl (C=O) groups excluding carboxylic acids is 1. The molecule has 1 aromatic rings. The highest BCUT2D eigenvalue weighted by molar-refractivity contribution is 14.0. The molecule has 1 saturated carbocycles. The van der Waals surface area contributed by atoms with E-state index < -0.39 is 10.0 Å². The molecule has 0 aromatic heterocycles. The molecular formula is C16H26IN5O3S. The van der Waals surface area contributed by atoms with Crippen molar-refractivity contribution < 1.29 is 13.2 Å². The maximum absolute atomic E-state index is 11.7. The summed E-state index contributed by atoms with van der Waals surface area (Å²) in [6.45, 7) is 1.35. The summed E-state index contributed by atoms with van der Waals surface area (Å²) < 4.78 is 22.5. The van der Waals surface area contributed by atoms with Crippen molar-refractivity contribution >= 4 is 45.9 Å². The number of likely N-dealkylation sites (N-methyl/N-ethyl adjacent to an activating group) is 1. The number of nitrogens with one attached hydrogen (secondary N) is 2. The van der Waals surface area contributed by atoms with Crippen molar-refractivity contribution in [3.8, 4) is 0 Å². The number of aliphatic imine (C=N–C) groups is 1. The highest BCUT2D eigenvalue weighted by Gasteiger charge is 2.21. The van der Waals surface area contributed by atoms with Gasteiger partial charge >= 0.3 is 0 Å². The van der Waals surface area contributed by atoms with Crippen molar-refractivity contribution in [3.05, 3.63) is 29.8 Å². The monoisotopic (exact) mass is 495 g/mol. The predicted octanol–water partition coefficient (Wildman–Crippen LogP) is 0.485. The summed E-state index contributed by atoms with van der Waals surface area (Å²) in [7, 11) is -0.291. The number of rotatable bonds is 7. The smallest absolute Gasteiger partial charge is 0.241 e. The van der Waals surface area contributed by atoms with Crippen molar-refractivity contribution in [2.45, 2.75) is 24.3 Å². The summed E-state index contributed by atoms with van der Waals surface area (Å²) in [5.41, 5.74) is 0.846. The van der Waals surface area contributed by atoms with Crippen molar-refractivity contribution in [1.82, 2.24) is 15.5 Å². The van der Waals surface area contributed by atoms with Crippen LogP contribution in [-0.2, 0) is 21.4 Å². The molecule has 1 amide bonds. The number of amides is 1. The van der Waals surface area contributed by atoms with Gasteiger partial charge in [0.1, 0.15) is 0 Å². The summed E-state index contributed by atoms with van der Waals surface area (Å²) in [6, 6.07) is 6.26. The van der Waals surface area contributed by atoms with Crippen LogP contribution in [0.2, 0.25) is 0 Å². The van der Waals surface area contributed by atoms with Gasteiger partial charge in [-0.15, -0.1) is 24.0 Å². The molecule has 0 saturated heterocycles. The molecule has 0 bridgehead atoms. The Morgan fingerprint density at radius 1 is 1.23 bits per heavy atom. The second-order valence-electron chi connectivity index (χ2n) is 6.32. The second-order valence-corrected chi connectivity index (χ2v) is 7.88. The molecule has 0 radical (unpaired) electrons. The van der Waals surface area contributed by atoms with E-state index in [0.717, 1.165) is 12.1 Å². The van der Waals surface area contributed by atoms with Gasteiger partial charge in [-0.1, -0.05) is 12.1 Å². The van der Waals surface area contributed by atoms with Gasteiger partial charge in [0.2, 0.25) is 15.9 Å². The molecule has 146 valence electrons. The highest BCUT2D eigenvalue weighted by Crippen LogP contribution is 2.27. The third kappa shape index (κ3) is 7.87. The lowest BCUT2D eigenvalue weighted by Crippen LogP contribution is -2.43. The molecule has 2 rings (SSSR count). The van der Waals surface area contributed by atoms with Crippen LogP contribution in [0.1, 0.15) is 18.4 Å². The first-order valence-corrected chi connectivity index (χ1v) is 9.64. The topological polar surface area (TPSA) is 117 Å². The lowest BCUT2D eigenvalue weighted by atomic mass is 10.2. The van der Waals surface area contributed by atoms with Gasteiger partial charge in [-0.05, 0) is 36.5 Å². The molecule has 10 heteroatoms. The van der Waals surface area contributed by atoms with Crippen LogP contribution >= 0.6 is 24.0 Å². The number of nitrogens with two attached hydrogens (primary N) is 1. The second kappa shape index (κ2) is 10.1. The van der Waals surface area contributed by atoms with Gasteiger partial charge in [0.25, 0.3) is 0 Å². The number of hydrogen-bond acceptors (Lipinski definition) is 4. The normalized spacial score (nSPS) is 14.3. The molecular weight excluding hydrogens is 469 g/mol. The van der Waals surface area contributed by atoms with Crippen LogP contribution in [-0.4, -0.2) is 52.4 Å². The standard InChI is InChI=1S/C16H25N5O3S.HI/c1-21(2)15(22)11-20-16(18-9-12-3-4-12)19-10-13-5-7-14(8-6-13)25(17,23)24;/h5-8,12H,3-4,9-11H2,1-2H3,(H2,17,23,24)(H2,18,19,20);1H. The molecule has 1 aromatic carbocycles. The summed E-state index contributed by atoms with van der Waals surface area (Å²) in [5, 5.41) is 11.3. The number of sulfonamides is 1. The Balaban J connectivity index is 0.00000338. The van der Waals surface area contributed by atoms with E-state index >= 15 is 0 Å². The summed E-state index contributed by atoms with van der Waals surface area (Å²) in [4.78, 5) is 17.8. The van der Waals surface area contributed by atoms with Crippen molar-refractivity contribution in [2.75, 3.05) is 27.2 Å². The minimum atomic E-state index is -3.69. The molecule has 1 aliphatic rings. The average Bonchev–Trinajstić information content (AvgIpc) is 3.37. The molecule has 0 unspecified atom stereocenters. The van der Waals surface area contributed by atoms with Crippen LogP contribution in [0, 0.1) is 5.92 Å². The highest BCUT2D eigenvalue weighted by atomic mass is 127. The Morgan fingerprint density at radius 3 is 2.35 bits per heavy atom. The van der Waals surface area contributed by atoms with Crippen LogP contribution in [0.5, 0.6) is 0 Å². The average molecular weight is 495 g/mol. The van der Waals surface area contributed by atoms with E-state index in [1.807, 2.05) is 0 Å². The van der Waals surface area contributed by atoms with E-state index in [1.165, 1.54) is 29.9 Å². The number of halogens is 1. The first-order chi connectivity index (χ1) is 11.8. The van der Waals surface area contributed by atoms with Gasteiger partial charge in [0.05, 0.1) is 18.0 Å². The molecule has 1 aliphatic carbocycles. The zero-order valence-corrected chi connectivity index (χ0v) is 18.1. The van der Waals surface area contributed by atoms with Gasteiger partial charge in [0, 0.05) is 20.6 Å². The van der Waals surface area contributed by atoms with E-state index in [4.69, 9.17) is 5.14 Å².